The fourth-order valence-corrected chi connectivity index (χ4v) is 5.13. The van der Waals surface area contributed by atoms with Crippen molar-refractivity contribution in [2.24, 2.45) is 11.8 Å². The number of anilines is 1. The van der Waals surface area contributed by atoms with Gasteiger partial charge in [0.1, 0.15) is 11.6 Å². The highest BCUT2D eigenvalue weighted by Gasteiger charge is 2.57. The lowest BCUT2D eigenvalue weighted by Gasteiger charge is -2.38. The van der Waals surface area contributed by atoms with Crippen LogP contribution in [0.15, 0.2) is 41.2 Å². The number of aliphatic hydroxyl groups is 1. The molecule has 0 saturated carbocycles. The molecule has 2 aromatic rings. The van der Waals surface area contributed by atoms with Crippen molar-refractivity contribution in [2.75, 3.05) is 39.1 Å². The van der Waals surface area contributed by atoms with E-state index < -0.39 is 48.2 Å². The van der Waals surface area contributed by atoms with E-state index in [4.69, 9.17) is 0 Å². The number of nitrogens with zero attached hydrogens (tertiary/aromatic N) is 3. The van der Waals surface area contributed by atoms with Crippen molar-refractivity contribution in [1.82, 2.24) is 19.7 Å². The summed E-state index contributed by atoms with van der Waals surface area (Å²) in [4.78, 5) is 42.6. The van der Waals surface area contributed by atoms with Gasteiger partial charge in [-0.05, 0) is 45.3 Å². The Balaban J connectivity index is 1.68. The quantitative estimate of drug-likeness (QED) is 0.510. The summed E-state index contributed by atoms with van der Waals surface area (Å²) in [5, 5.41) is 15.6. The summed E-state index contributed by atoms with van der Waals surface area (Å²) >= 11 is 0. The molecule has 2 aliphatic heterocycles. The zero-order valence-electron chi connectivity index (χ0n) is 19.6. The first kappa shape index (κ1) is 24.8. The number of benzene rings is 1. The lowest BCUT2D eigenvalue weighted by atomic mass is 9.86. The molecule has 2 bridgehead atoms. The van der Waals surface area contributed by atoms with E-state index in [9.17, 15) is 28.3 Å². The highest BCUT2D eigenvalue weighted by atomic mass is 19.1. The molecule has 3 amide bonds. The number of fused-ring (bicyclic) bond motifs is 4. The molecular weight excluding hydrogens is 460 g/mol. The molecule has 1 fully saturated rings. The summed E-state index contributed by atoms with van der Waals surface area (Å²) in [6.07, 6.45) is 0.711. The van der Waals surface area contributed by atoms with Gasteiger partial charge in [-0.2, -0.15) is 0 Å². The Bertz CT molecular complexity index is 1170. The fraction of sp³-hybridized carbons (Fsp3) is 0.458. The van der Waals surface area contributed by atoms with E-state index in [0.717, 1.165) is 24.7 Å². The van der Waals surface area contributed by atoms with Gasteiger partial charge in [-0.1, -0.05) is 6.07 Å². The van der Waals surface area contributed by atoms with Crippen LogP contribution in [0.4, 0.5) is 19.3 Å². The van der Waals surface area contributed by atoms with Crippen molar-refractivity contribution >= 4 is 17.6 Å². The maximum absolute atomic E-state index is 14.2. The van der Waals surface area contributed by atoms with Gasteiger partial charge < -0.3 is 30.1 Å². The lowest BCUT2D eigenvalue weighted by Crippen LogP contribution is -2.50. The van der Waals surface area contributed by atoms with Crippen LogP contribution in [0.1, 0.15) is 18.2 Å². The summed E-state index contributed by atoms with van der Waals surface area (Å²) in [6, 6.07) is 5.01. The van der Waals surface area contributed by atoms with Gasteiger partial charge in [0, 0.05) is 43.4 Å². The zero-order valence-corrected chi connectivity index (χ0v) is 19.6. The summed E-state index contributed by atoms with van der Waals surface area (Å²) in [6.45, 7) is 0.857. The molecule has 1 saturated heterocycles. The highest BCUT2D eigenvalue weighted by Crippen LogP contribution is 2.48. The van der Waals surface area contributed by atoms with Crippen LogP contribution in [-0.2, 0) is 11.3 Å². The molecule has 9 nitrogen and oxygen atoms in total. The number of urea groups is 1. The molecule has 3 N–H and O–H groups in total. The number of aliphatic hydroxyl groups excluding tert-OH is 1. The van der Waals surface area contributed by atoms with E-state index in [-0.39, 0.29) is 23.7 Å². The van der Waals surface area contributed by atoms with Crippen LogP contribution >= 0.6 is 0 Å². The number of halogens is 2. The van der Waals surface area contributed by atoms with Crippen LogP contribution in [0.3, 0.4) is 0 Å². The monoisotopic (exact) mass is 489 g/mol. The van der Waals surface area contributed by atoms with Gasteiger partial charge in [0.25, 0.3) is 5.56 Å². The maximum atomic E-state index is 14.2. The van der Waals surface area contributed by atoms with E-state index in [1.807, 2.05) is 19.0 Å². The average molecular weight is 490 g/mol. The van der Waals surface area contributed by atoms with Crippen molar-refractivity contribution in [2.45, 2.75) is 25.0 Å². The van der Waals surface area contributed by atoms with Gasteiger partial charge in [-0.15, -0.1) is 0 Å². The molecule has 0 unspecified atom stereocenters. The molecule has 11 heteroatoms. The van der Waals surface area contributed by atoms with Gasteiger partial charge in [0.15, 0.2) is 0 Å². The minimum atomic E-state index is -0.870. The second kappa shape index (κ2) is 10.1. The molecule has 1 aromatic heterocycles. The van der Waals surface area contributed by atoms with Gasteiger partial charge in [0.05, 0.1) is 23.7 Å². The summed E-state index contributed by atoms with van der Waals surface area (Å²) in [5.74, 6) is -3.35. The second-order valence-electron chi connectivity index (χ2n) is 9.19. The third kappa shape index (κ3) is 4.78. The molecule has 188 valence electrons. The first-order valence-electron chi connectivity index (χ1n) is 11.5. The lowest BCUT2D eigenvalue weighted by molar-refractivity contribution is -0.127. The Morgan fingerprint density at radius 3 is 2.69 bits per heavy atom. The SMILES string of the molecule is CN(C)CCCNC(=O)[C@@H]1[C@@H](CO)[C@@H]2Cn3c(cccc3=O)[C@H]1N2C(=O)Nc1cc(F)ccc1F. The zero-order chi connectivity index (χ0) is 25.3. The molecular formula is C24H29F2N5O4. The number of aromatic nitrogens is 1. The molecule has 1 aromatic carbocycles. The Morgan fingerprint density at radius 2 is 1.97 bits per heavy atom. The first-order valence-corrected chi connectivity index (χ1v) is 11.5. The van der Waals surface area contributed by atoms with Crippen molar-refractivity contribution in [3.63, 3.8) is 0 Å². The normalized spacial score (nSPS) is 22.7. The Labute approximate surface area is 201 Å². The van der Waals surface area contributed by atoms with Gasteiger partial charge in [0.2, 0.25) is 5.91 Å². The second-order valence-corrected chi connectivity index (χ2v) is 9.19. The number of carbonyl (C=O) groups is 2. The highest BCUT2D eigenvalue weighted by molar-refractivity contribution is 5.92. The first-order chi connectivity index (χ1) is 16.7. The minimum Gasteiger partial charge on any atom is -0.396 e. The Hall–Kier alpha value is -3.31. The third-order valence-corrected chi connectivity index (χ3v) is 6.71. The van der Waals surface area contributed by atoms with Crippen molar-refractivity contribution in [1.29, 1.82) is 0 Å². The number of carbonyl (C=O) groups excluding carboxylic acids is 2. The van der Waals surface area contributed by atoms with Crippen LogP contribution in [0, 0.1) is 23.5 Å². The Kier molecular flexibility index (Phi) is 7.18. The Morgan fingerprint density at radius 1 is 1.20 bits per heavy atom. The number of hydrogen-bond acceptors (Lipinski definition) is 5. The molecule has 35 heavy (non-hydrogen) atoms. The number of pyridine rings is 1. The van der Waals surface area contributed by atoms with E-state index in [1.165, 1.54) is 15.5 Å². The summed E-state index contributed by atoms with van der Waals surface area (Å²) in [7, 11) is 3.85. The molecule has 4 rings (SSSR count). The van der Waals surface area contributed by atoms with Gasteiger partial charge in [-0.25, -0.2) is 13.6 Å². The van der Waals surface area contributed by atoms with Crippen LogP contribution in [0.25, 0.3) is 0 Å². The van der Waals surface area contributed by atoms with Crippen LogP contribution in [0.2, 0.25) is 0 Å². The van der Waals surface area contributed by atoms with Crippen LogP contribution < -0.4 is 16.2 Å². The molecule has 0 aliphatic carbocycles. The van der Waals surface area contributed by atoms with E-state index in [1.54, 1.807) is 12.1 Å². The number of rotatable bonds is 7. The van der Waals surface area contributed by atoms with Crippen molar-refractivity contribution < 1.29 is 23.5 Å². The molecule has 2 aliphatic rings. The largest absolute Gasteiger partial charge is 0.396 e. The number of hydrogen-bond donors (Lipinski definition) is 3. The van der Waals surface area contributed by atoms with E-state index >= 15 is 0 Å². The summed E-state index contributed by atoms with van der Waals surface area (Å²) < 4.78 is 29.4. The molecule has 4 atom stereocenters. The number of amides is 3. The van der Waals surface area contributed by atoms with Gasteiger partial charge >= 0.3 is 6.03 Å². The predicted octanol–water partition coefficient (Wildman–Crippen LogP) is 1.39. The van der Waals surface area contributed by atoms with Crippen molar-refractivity contribution in [3.8, 4) is 0 Å². The van der Waals surface area contributed by atoms with Gasteiger partial charge in [-0.3, -0.25) is 9.59 Å². The maximum Gasteiger partial charge on any atom is 0.322 e. The third-order valence-electron chi connectivity index (χ3n) is 6.71. The van der Waals surface area contributed by atoms with E-state index in [2.05, 4.69) is 10.6 Å². The molecule has 3 heterocycles. The molecule has 0 radical (unpaired) electrons. The van der Waals surface area contributed by atoms with Crippen molar-refractivity contribution in [3.05, 3.63) is 64.1 Å². The smallest absolute Gasteiger partial charge is 0.322 e. The molecule has 0 spiro atoms. The number of nitrogens with one attached hydrogen (secondary N) is 2. The average Bonchev–Trinajstić information content (AvgIpc) is 3.06. The van der Waals surface area contributed by atoms with Crippen LogP contribution in [0.5, 0.6) is 0 Å². The standard InChI is InChI=1S/C24H29F2N5O4/c1-29(2)10-4-9-27-23(34)21-15(13-32)19-12-30-18(5-3-6-20(30)33)22(21)31(19)24(35)28-17-11-14(25)7-8-16(17)26/h3,5-8,11,15,19,21-22,32H,4,9-10,12-13H2,1-2H3,(H,27,34)(H,28,35)/t15-,19-,21+,22+/m0/s1. The minimum absolute atomic E-state index is 0.0696. The van der Waals surface area contributed by atoms with Crippen LogP contribution in [-0.4, -0.2) is 71.2 Å². The summed E-state index contributed by atoms with van der Waals surface area (Å²) in [5.41, 5.74) is -0.166. The van der Waals surface area contributed by atoms with E-state index in [0.29, 0.717) is 18.7 Å². The topological polar surface area (TPSA) is 107 Å². The predicted molar refractivity (Wildman–Crippen MR) is 125 cm³/mol. The fourth-order valence-electron chi connectivity index (χ4n) is 5.13.